The molecule has 1 aromatic carbocycles. The predicted octanol–water partition coefficient (Wildman–Crippen LogP) is 0.832. The monoisotopic (exact) mass is 179 g/mol. The number of benzene rings is 1. The molecule has 0 aromatic heterocycles. The fraction of sp³-hybridized carbons (Fsp3) is 0.400. The third kappa shape index (κ3) is 1.53. The zero-order valence-electron chi connectivity index (χ0n) is 7.58. The van der Waals surface area contributed by atoms with Gasteiger partial charge in [-0.25, -0.2) is 0 Å². The molecule has 0 aliphatic carbocycles. The minimum absolute atomic E-state index is 0.380. The lowest BCUT2D eigenvalue weighted by atomic mass is 9.99. The minimum Gasteiger partial charge on any atom is -0.497 e. The molecule has 70 valence electrons. The smallest absolute Gasteiger partial charge is 0.119 e. The number of nitrogens with one attached hydrogen (secondary N) is 1. The quantitative estimate of drug-likeness (QED) is 0.671. The van der Waals surface area contributed by atoms with E-state index in [1.54, 1.807) is 7.11 Å². The molecule has 3 heteroatoms. The highest BCUT2D eigenvalue weighted by molar-refractivity contribution is 5.38. The molecule has 1 unspecified atom stereocenters. The van der Waals surface area contributed by atoms with Gasteiger partial charge in [0.1, 0.15) is 5.75 Å². The van der Waals surface area contributed by atoms with Gasteiger partial charge >= 0.3 is 0 Å². The number of fused-ring (bicyclic) bond motifs is 1. The van der Waals surface area contributed by atoms with Crippen molar-refractivity contribution in [3.8, 4) is 5.75 Å². The average molecular weight is 179 g/mol. The molecule has 1 aliphatic heterocycles. The largest absolute Gasteiger partial charge is 0.497 e. The Morgan fingerprint density at radius 3 is 3.15 bits per heavy atom. The van der Waals surface area contributed by atoms with E-state index in [4.69, 9.17) is 4.74 Å². The lowest BCUT2D eigenvalue weighted by Crippen LogP contribution is -2.27. The highest BCUT2D eigenvalue weighted by atomic mass is 16.5. The van der Waals surface area contributed by atoms with Crippen LogP contribution >= 0.6 is 0 Å². The summed E-state index contributed by atoms with van der Waals surface area (Å²) >= 11 is 0. The Kier molecular flexibility index (Phi) is 2.20. The first-order chi connectivity index (χ1) is 6.31. The van der Waals surface area contributed by atoms with Crippen molar-refractivity contribution >= 4 is 0 Å². The molecule has 1 atom stereocenters. The third-order valence-electron chi connectivity index (χ3n) is 2.36. The van der Waals surface area contributed by atoms with Gasteiger partial charge in [-0.3, -0.25) is 0 Å². The van der Waals surface area contributed by atoms with Crippen LogP contribution in [0.5, 0.6) is 5.75 Å². The lowest BCUT2D eigenvalue weighted by Gasteiger charge is -2.22. The molecule has 0 spiro atoms. The van der Waals surface area contributed by atoms with Gasteiger partial charge in [0.05, 0.1) is 13.2 Å². The fourth-order valence-electron chi connectivity index (χ4n) is 1.64. The van der Waals surface area contributed by atoms with Gasteiger partial charge in [-0.15, -0.1) is 0 Å². The molecule has 1 aromatic rings. The van der Waals surface area contributed by atoms with Gasteiger partial charge in [-0.1, -0.05) is 6.07 Å². The van der Waals surface area contributed by atoms with Crippen LogP contribution in [0.4, 0.5) is 0 Å². The second-order valence-corrected chi connectivity index (χ2v) is 3.21. The van der Waals surface area contributed by atoms with Crippen molar-refractivity contribution in [3.63, 3.8) is 0 Å². The van der Waals surface area contributed by atoms with E-state index in [1.165, 1.54) is 0 Å². The number of hydrogen-bond donors (Lipinski definition) is 2. The summed E-state index contributed by atoms with van der Waals surface area (Å²) in [6.45, 7) is 1.45. The Morgan fingerprint density at radius 2 is 2.38 bits per heavy atom. The summed E-state index contributed by atoms with van der Waals surface area (Å²) in [5.74, 6) is 0.842. The van der Waals surface area contributed by atoms with E-state index in [0.29, 0.717) is 6.54 Å². The van der Waals surface area contributed by atoms with E-state index >= 15 is 0 Å². The van der Waals surface area contributed by atoms with Crippen LogP contribution in [-0.2, 0) is 6.54 Å². The molecule has 2 N–H and O–H groups in total. The maximum atomic E-state index is 9.62. The van der Waals surface area contributed by atoms with Crippen molar-refractivity contribution in [2.45, 2.75) is 12.6 Å². The number of rotatable bonds is 1. The molecule has 0 radical (unpaired) electrons. The summed E-state index contributed by atoms with van der Waals surface area (Å²) < 4.78 is 5.11. The number of ether oxygens (including phenoxy) is 1. The normalized spacial score (nSPS) is 20.9. The molecule has 0 bridgehead atoms. The van der Waals surface area contributed by atoms with Gasteiger partial charge in [0.15, 0.2) is 0 Å². The average Bonchev–Trinajstić information content (AvgIpc) is 2.18. The maximum absolute atomic E-state index is 9.62. The molecule has 0 fully saturated rings. The van der Waals surface area contributed by atoms with E-state index in [1.807, 2.05) is 18.2 Å². The SMILES string of the molecule is COc1ccc2c(c1)CNCC2O. The number of aliphatic hydroxyl groups is 1. The first-order valence-corrected chi connectivity index (χ1v) is 4.37. The van der Waals surface area contributed by atoms with Gasteiger partial charge in [-0.05, 0) is 23.3 Å². The van der Waals surface area contributed by atoms with Crippen LogP contribution in [-0.4, -0.2) is 18.8 Å². The van der Waals surface area contributed by atoms with E-state index in [0.717, 1.165) is 23.4 Å². The Labute approximate surface area is 77.3 Å². The molecular weight excluding hydrogens is 166 g/mol. The molecule has 1 aliphatic rings. The van der Waals surface area contributed by atoms with Gasteiger partial charge in [-0.2, -0.15) is 0 Å². The van der Waals surface area contributed by atoms with Crippen LogP contribution in [0.2, 0.25) is 0 Å². The third-order valence-corrected chi connectivity index (χ3v) is 2.36. The van der Waals surface area contributed by atoms with Crippen LogP contribution in [0.15, 0.2) is 18.2 Å². The Morgan fingerprint density at radius 1 is 1.54 bits per heavy atom. The van der Waals surface area contributed by atoms with Crippen LogP contribution in [0.3, 0.4) is 0 Å². The van der Waals surface area contributed by atoms with Crippen molar-refractivity contribution in [3.05, 3.63) is 29.3 Å². The number of hydrogen-bond acceptors (Lipinski definition) is 3. The predicted molar refractivity (Wildman–Crippen MR) is 49.7 cm³/mol. The van der Waals surface area contributed by atoms with Crippen LogP contribution in [0, 0.1) is 0 Å². The van der Waals surface area contributed by atoms with Crippen molar-refractivity contribution in [2.75, 3.05) is 13.7 Å². The summed E-state index contributed by atoms with van der Waals surface area (Å²) in [5, 5.41) is 12.8. The number of methoxy groups -OCH3 is 1. The number of β-amino-alcohol motifs (C(OH)–C–C–N with tert-alkyl or cyclic N) is 1. The Hall–Kier alpha value is -1.06. The van der Waals surface area contributed by atoms with Crippen molar-refractivity contribution in [2.24, 2.45) is 0 Å². The van der Waals surface area contributed by atoms with Gasteiger partial charge in [0, 0.05) is 13.1 Å². The maximum Gasteiger partial charge on any atom is 0.119 e. The second kappa shape index (κ2) is 3.36. The number of aliphatic hydroxyl groups excluding tert-OH is 1. The van der Waals surface area contributed by atoms with Crippen LogP contribution in [0.25, 0.3) is 0 Å². The van der Waals surface area contributed by atoms with Gasteiger partial charge in [0.2, 0.25) is 0 Å². The first-order valence-electron chi connectivity index (χ1n) is 4.37. The molecule has 1 heterocycles. The molecule has 2 rings (SSSR count). The van der Waals surface area contributed by atoms with E-state index in [2.05, 4.69) is 5.32 Å². The topological polar surface area (TPSA) is 41.5 Å². The Balaban J connectivity index is 2.39. The standard InChI is InChI=1S/C10H13NO2/c1-13-8-2-3-9-7(4-8)5-11-6-10(9)12/h2-4,10-12H,5-6H2,1H3. The van der Waals surface area contributed by atoms with Gasteiger partial charge < -0.3 is 15.2 Å². The molecule has 13 heavy (non-hydrogen) atoms. The van der Waals surface area contributed by atoms with Crippen molar-refractivity contribution in [1.82, 2.24) is 5.32 Å². The summed E-state index contributed by atoms with van der Waals surface area (Å²) in [5.41, 5.74) is 2.14. The van der Waals surface area contributed by atoms with Gasteiger partial charge in [0.25, 0.3) is 0 Å². The molecular formula is C10H13NO2. The second-order valence-electron chi connectivity index (χ2n) is 3.21. The lowest BCUT2D eigenvalue weighted by molar-refractivity contribution is 0.165. The van der Waals surface area contributed by atoms with Crippen molar-refractivity contribution < 1.29 is 9.84 Å². The van der Waals surface area contributed by atoms with E-state index in [9.17, 15) is 5.11 Å². The van der Waals surface area contributed by atoms with E-state index in [-0.39, 0.29) is 6.10 Å². The molecule has 3 nitrogen and oxygen atoms in total. The summed E-state index contributed by atoms with van der Waals surface area (Å²) in [4.78, 5) is 0. The summed E-state index contributed by atoms with van der Waals surface area (Å²) in [6.07, 6.45) is -0.380. The highest BCUT2D eigenvalue weighted by Gasteiger charge is 2.17. The minimum atomic E-state index is -0.380. The highest BCUT2D eigenvalue weighted by Crippen LogP contribution is 2.25. The molecule has 0 saturated carbocycles. The first kappa shape index (κ1) is 8.53. The summed E-state index contributed by atoms with van der Waals surface area (Å²) in [7, 11) is 1.65. The van der Waals surface area contributed by atoms with Crippen molar-refractivity contribution in [1.29, 1.82) is 0 Å². The zero-order valence-corrected chi connectivity index (χ0v) is 7.58. The van der Waals surface area contributed by atoms with E-state index < -0.39 is 0 Å². The molecule has 0 saturated heterocycles. The van der Waals surface area contributed by atoms with Crippen LogP contribution in [0.1, 0.15) is 17.2 Å². The van der Waals surface area contributed by atoms with Crippen LogP contribution < -0.4 is 10.1 Å². The Bertz CT molecular complexity index is 312. The zero-order chi connectivity index (χ0) is 9.26. The summed E-state index contributed by atoms with van der Waals surface area (Å²) in [6, 6.07) is 5.78. The molecule has 0 amide bonds. The fourth-order valence-corrected chi connectivity index (χ4v) is 1.64.